The molecule has 158 valence electrons. The minimum Gasteiger partial charge on any atom is -0.478 e. The summed E-state index contributed by atoms with van der Waals surface area (Å²) in [7, 11) is 0. The van der Waals surface area contributed by atoms with Gasteiger partial charge in [0.1, 0.15) is 0 Å². The van der Waals surface area contributed by atoms with Crippen molar-refractivity contribution in [2.24, 2.45) is 5.73 Å². The average Bonchev–Trinajstić information content (AvgIpc) is 2.76. The summed E-state index contributed by atoms with van der Waals surface area (Å²) in [6.07, 6.45) is 0.316. The number of nitrogens with two attached hydrogens (primary N) is 1. The zero-order valence-electron chi connectivity index (χ0n) is 16.3. The molecule has 0 aromatic heterocycles. The maximum Gasteiger partial charge on any atom is 0.335 e. The minimum atomic E-state index is -1.03. The number of nitrogens with one attached hydrogen (secondary N) is 2. The smallest absolute Gasteiger partial charge is 0.335 e. The number of hydrogen-bond acceptors (Lipinski definition) is 5. The quantitative estimate of drug-likeness (QED) is 0.571. The standard InChI is InChI=1S/C21H24N4O5/c22-18(19(26)23-16-7-3-15(4-8-16)20(27)28)13-14-1-5-17(6-2-14)24-21(29)25-9-11-30-12-10-25/h1-8,18H,9-13,22H2,(H,23,26)(H,24,29)(H,27,28)/t18-/m0/s1. The van der Waals surface area contributed by atoms with E-state index in [2.05, 4.69) is 10.6 Å². The van der Waals surface area contributed by atoms with Crippen molar-refractivity contribution in [3.05, 3.63) is 59.7 Å². The summed E-state index contributed by atoms with van der Waals surface area (Å²) in [5.41, 5.74) is 8.12. The lowest BCUT2D eigenvalue weighted by Gasteiger charge is -2.26. The Balaban J connectivity index is 1.50. The number of ether oxygens (including phenoxy) is 1. The first-order valence-corrected chi connectivity index (χ1v) is 9.55. The molecule has 1 atom stereocenters. The number of hydrogen-bond donors (Lipinski definition) is 4. The highest BCUT2D eigenvalue weighted by Crippen LogP contribution is 2.14. The largest absolute Gasteiger partial charge is 0.478 e. The molecular weight excluding hydrogens is 388 g/mol. The topological polar surface area (TPSA) is 134 Å². The third-order valence-electron chi connectivity index (χ3n) is 4.70. The summed E-state index contributed by atoms with van der Waals surface area (Å²) in [5, 5.41) is 14.4. The minimum absolute atomic E-state index is 0.137. The number of urea groups is 1. The molecule has 0 radical (unpaired) electrons. The SMILES string of the molecule is N[C@@H](Cc1ccc(NC(=O)N2CCOCC2)cc1)C(=O)Nc1ccc(C(=O)O)cc1. The van der Waals surface area contributed by atoms with Crippen molar-refractivity contribution in [1.82, 2.24) is 4.90 Å². The molecule has 0 aliphatic carbocycles. The van der Waals surface area contributed by atoms with E-state index < -0.39 is 12.0 Å². The van der Waals surface area contributed by atoms with Crippen LogP contribution in [0.2, 0.25) is 0 Å². The van der Waals surface area contributed by atoms with E-state index in [0.29, 0.717) is 44.1 Å². The van der Waals surface area contributed by atoms with Gasteiger partial charge in [-0.3, -0.25) is 4.79 Å². The molecule has 1 saturated heterocycles. The monoisotopic (exact) mass is 412 g/mol. The van der Waals surface area contributed by atoms with Gasteiger partial charge in [-0.25, -0.2) is 9.59 Å². The second kappa shape index (κ2) is 9.86. The lowest BCUT2D eigenvalue weighted by Crippen LogP contribution is -2.43. The molecule has 9 heteroatoms. The fourth-order valence-electron chi connectivity index (χ4n) is 2.97. The van der Waals surface area contributed by atoms with E-state index in [1.54, 1.807) is 17.0 Å². The predicted octanol–water partition coefficient (Wildman–Crippen LogP) is 1.76. The van der Waals surface area contributed by atoms with Crippen LogP contribution in [0.4, 0.5) is 16.2 Å². The van der Waals surface area contributed by atoms with Crippen LogP contribution in [0, 0.1) is 0 Å². The number of carbonyl (C=O) groups excluding carboxylic acids is 2. The second-order valence-corrected chi connectivity index (χ2v) is 6.91. The summed E-state index contributed by atoms with van der Waals surface area (Å²) in [5.74, 6) is -1.41. The van der Waals surface area contributed by atoms with E-state index in [-0.39, 0.29) is 17.5 Å². The number of amides is 3. The summed E-state index contributed by atoms with van der Waals surface area (Å²) in [4.78, 5) is 37.1. The van der Waals surface area contributed by atoms with Crippen LogP contribution in [0.25, 0.3) is 0 Å². The van der Waals surface area contributed by atoms with Crippen LogP contribution in [-0.4, -0.2) is 60.3 Å². The number of nitrogens with zero attached hydrogens (tertiary/aromatic N) is 1. The summed E-state index contributed by atoms with van der Waals surface area (Å²) >= 11 is 0. The van der Waals surface area contributed by atoms with Crippen LogP contribution >= 0.6 is 0 Å². The van der Waals surface area contributed by atoms with Crippen molar-refractivity contribution < 1.29 is 24.2 Å². The van der Waals surface area contributed by atoms with Crippen molar-refractivity contribution in [2.75, 3.05) is 36.9 Å². The van der Waals surface area contributed by atoms with Gasteiger partial charge in [-0.15, -0.1) is 0 Å². The van der Waals surface area contributed by atoms with E-state index in [4.69, 9.17) is 15.6 Å². The van der Waals surface area contributed by atoms with E-state index >= 15 is 0 Å². The molecule has 1 aliphatic heterocycles. The maximum absolute atomic E-state index is 12.3. The van der Waals surface area contributed by atoms with Crippen LogP contribution in [-0.2, 0) is 16.0 Å². The van der Waals surface area contributed by atoms with Gasteiger partial charge in [0.15, 0.2) is 0 Å². The van der Waals surface area contributed by atoms with Crippen LogP contribution in [0.3, 0.4) is 0 Å². The Morgan fingerprint density at radius 3 is 2.13 bits per heavy atom. The van der Waals surface area contributed by atoms with Gasteiger partial charge in [-0.05, 0) is 48.4 Å². The molecular formula is C21H24N4O5. The normalized spacial score (nSPS) is 14.6. The number of carboxylic acid groups (broad SMARTS) is 1. The van der Waals surface area contributed by atoms with Gasteiger partial charge in [0.2, 0.25) is 5.91 Å². The van der Waals surface area contributed by atoms with Crippen LogP contribution in [0.5, 0.6) is 0 Å². The second-order valence-electron chi connectivity index (χ2n) is 6.91. The lowest BCUT2D eigenvalue weighted by molar-refractivity contribution is -0.117. The first-order valence-electron chi connectivity index (χ1n) is 9.55. The molecule has 0 bridgehead atoms. The summed E-state index contributed by atoms with van der Waals surface area (Å²) in [6, 6.07) is 12.1. The van der Waals surface area contributed by atoms with Gasteiger partial charge in [0.05, 0.1) is 24.8 Å². The van der Waals surface area contributed by atoms with Gasteiger partial charge >= 0.3 is 12.0 Å². The zero-order valence-corrected chi connectivity index (χ0v) is 16.3. The molecule has 3 amide bonds. The molecule has 0 unspecified atom stereocenters. The fourth-order valence-corrected chi connectivity index (χ4v) is 2.97. The predicted molar refractivity (Wildman–Crippen MR) is 112 cm³/mol. The summed E-state index contributed by atoms with van der Waals surface area (Å²) < 4.78 is 5.23. The number of carbonyl (C=O) groups is 3. The van der Waals surface area contributed by atoms with Crippen LogP contribution in [0.1, 0.15) is 15.9 Å². The molecule has 30 heavy (non-hydrogen) atoms. The average molecular weight is 412 g/mol. The van der Waals surface area contributed by atoms with Crippen molar-refractivity contribution in [3.63, 3.8) is 0 Å². The molecule has 3 rings (SSSR count). The third kappa shape index (κ3) is 5.79. The van der Waals surface area contributed by atoms with E-state index in [0.717, 1.165) is 5.56 Å². The Kier molecular flexibility index (Phi) is 6.99. The van der Waals surface area contributed by atoms with Crippen molar-refractivity contribution in [1.29, 1.82) is 0 Å². The number of benzene rings is 2. The van der Waals surface area contributed by atoms with E-state index in [1.807, 2.05) is 12.1 Å². The Labute approximate surface area is 173 Å². The van der Waals surface area contributed by atoms with Crippen LogP contribution in [0.15, 0.2) is 48.5 Å². The number of carboxylic acids is 1. The molecule has 2 aromatic carbocycles. The molecule has 1 aliphatic rings. The number of anilines is 2. The van der Waals surface area contributed by atoms with Gasteiger partial charge in [-0.1, -0.05) is 12.1 Å². The van der Waals surface area contributed by atoms with E-state index in [9.17, 15) is 14.4 Å². The highest BCUT2D eigenvalue weighted by molar-refractivity contribution is 5.95. The van der Waals surface area contributed by atoms with Gasteiger partial charge in [-0.2, -0.15) is 0 Å². The maximum atomic E-state index is 12.3. The lowest BCUT2D eigenvalue weighted by atomic mass is 10.1. The highest BCUT2D eigenvalue weighted by atomic mass is 16.5. The summed E-state index contributed by atoms with van der Waals surface area (Å²) in [6.45, 7) is 2.20. The molecule has 9 nitrogen and oxygen atoms in total. The molecule has 1 heterocycles. The van der Waals surface area contributed by atoms with Crippen molar-refractivity contribution in [3.8, 4) is 0 Å². The third-order valence-corrected chi connectivity index (χ3v) is 4.70. The number of morpholine rings is 1. The number of aromatic carboxylic acids is 1. The molecule has 1 fully saturated rings. The first kappa shape index (κ1) is 21.3. The van der Waals surface area contributed by atoms with Gasteiger partial charge in [0.25, 0.3) is 0 Å². The van der Waals surface area contributed by atoms with E-state index in [1.165, 1.54) is 24.3 Å². The molecule has 2 aromatic rings. The number of rotatable bonds is 6. The van der Waals surface area contributed by atoms with Crippen LogP contribution < -0.4 is 16.4 Å². The van der Waals surface area contributed by atoms with Crippen molar-refractivity contribution in [2.45, 2.75) is 12.5 Å². The zero-order chi connectivity index (χ0) is 21.5. The van der Waals surface area contributed by atoms with Gasteiger partial charge in [0, 0.05) is 24.5 Å². The fraction of sp³-hybridized carbons (Fsp3) is 0.286. The molecule has 0 saturated carbocycles. The first-order chi connectivity index (χ1) is 14.4. The molecule has 0 spiro atoms. The molecule has 5 N–H and O–H groups in total. The Hall–Kier alpha value is -3.43. The Bertz CT molecular complexity index is 893. The highest BCUT2D eigenvalue weighted by Gasteiger charge is 2.17. The Morgan fingerprint density at radius 1 is 0.967 bits per heavy atom. The van der Waals surface area contributed by atoms with Gasteiger partial charge < -0.3 is 31.1 Å². The van der Waals surface area contributed by atoms with Crippen molar-refractivity contribution >= 4 is 29.3 Å². The Morgan fingerprint density at radius 2 is 1.53 bits per heavy atom.